The maximum Gasteiger partial charge on any atom is 0.243 e. The smallest absolute Gasteiger partial charge is 0.243 e. The zero-order valence-electron chi connectivity index (χ0n) is 21.0. The van der Waals surface area contributed by atoms with E-state index in [4.69, 9.17) is 0 Å². The van der Waals surface area contributed by atoms with Crippen LogP contribution in [-0.4, -0.2) is 35.1 Å². The van der Waals surface area contributed by atoms with Gasteiger partial charge >= 0.3 is 0 Å². The standard InChI is InChI=1S/C30H36N2O2S/c1-4-17-31-30(34)28(19-25-10-6-5-7-11-25)32(20-26-15-13-23(2)14-16-26)29(33)22-35-21-27-12-8-9-24(3)18-27/h5-16,18,28H,4,17,19-22H2,1-3H3,(H,31,34). The first-order chi connectivity index (χ1) is 17.0. The lowest BCUT2D eigenvalue weighted by Gasteiger charge is -2.31. The molecule has 0 aromatic heterocycles. The number of aryl methyl sites for hydroxylation is 2. The van der Waals surface area contributed by atoms with Crippen LogP contribution in [0.2, 0.25) is 0 Å². The van der Waals surface area contributed by atoms with Gasteiger partial charge in [0.15, 0.2) is 0 Å². The molecular formula is C30H36N2O2S. The fourth-order valence-corrected chi connectivity index (χ4v) is 4.81. The Balaban J connectivity index is 1.82. The average Bonchev–Trinajstić information content (AvgIpc) is 2.86. The molecule has 4 nitrogen and oxygen atoms in total. The maximum absolute atomic E-state index is 13.6. The summed E-state index contributed by atoms with van der Waals surface area (Å²) < 4.78 is 0. The summed E-state index contributed by atoms with van der Waals surface area (Å²) >= 11 is 1.59. The maximum atomic E-state index is 13.6. The Labute approximate surface area is 214 Å². The quantitative estimate of drug-likeness (QED) is 0.356. The molecule has 1 atom stereocenters. The van der Waals surface area contributed by atoms with Crippen molar-refractivity contribution in [3.8, 4) is 0 Å². The van der Waals surface area contributed by atoms with Crippen LogP contribution in [0.15, 0.2) is 78.9 Å². The minimum absolute atomic E-state index is 0.0178. The number of amides is 2. The van der Waals surface area contributed by atoms with E-state index in [0.717, 1.165) is 23.3 Å². The minimum atomic E-state index is -0.572. The number of rotatable bonds is 12. The molecule has 5 heteroatoms. The molecule has 0 heterocycles. The summed E-state index contributed by atoms with van der Waals surface area (Å²) in [5.74, 6) is 0.971. The highest BCUT2D eigenvalue weighted by Crippen LogP contribution is 2.19. The third kappa shape index (κ3) is 8.59. The predicted molar refractivity (Wildman–Crippen MR) is 146 cm³/mol. The molecule has 0 bridgehead atoms. The normalized spacial score (nSPS) is 11.6. The van der Waals surface area contributed by atoms with Crippen LogP contribution in [0.1, 0.15) is 41.2 Å². The van der Waals surface area contributed by atoms with E-state index < -0.39 is 6.04 Å². The van der Waals surface area contributed by atoms with E-state index >= 15 is 0 Å². The summed E-state index contributed by atoms with van der Waals surface area (Å²) in [5, 5.41) is 3.03. The van der Waals surface area contributed by atoms with Crippen molar-refractivity contribution in [1.29, 1.82) is 0 Å². The molecule has 35 heavy (non-hydrogen) atoms. The Morgan fingerprint density at radius 2 is 1.57 bits per heavy atom. The zero-order valence-corrected chi connectivity index (χ0v) is 21.8. The molecule has 3 aromatic rings. The Morgan fingerprint density at radius 1 is 0.857 bits per heavy atom. The Hall–Kier alpha value is -3.05. The van der Waals surface area contributed by atoms with Gasteiger partial charge in [0.2, 0.25) is 11.8 Å². The second kappa shape index (κ2) is 13.7. The van der Waals surface area contributed by atoms with Crippen LogP contribution >= 0.6 is 11.8 Å². The second-order valence-corrected chi connectivity index (χ2v) is 9.97. The summed E-state index contributed by atoms with van der Waals surface area (Å²) in [6.45, 7) is 7.15. The summed E-state index contributed by atoms with van der Waals surface area (Å²) in [7, 11) is 0. The lowest BCUT2D eigenvalue weighted by molar-refractivity contribution is -0.139. The number of carbonyl (C=O) groups excluding carboxylic acids is 2. The van der Waals surface area contributed by atoms with Crippen LogP contribution in [0.3, 0.4) is 0 Å². The van der Waals surface area contributed by atoms with Crippen molar-refractivity contribution in [2.75, 3.05) is 12.3 Å². The number of hydrogen-bond acceptors (Lipinski definition) is 3. The van der Waals surface area contributed by atoms with Crippen molar-refractivity contribution >= 4 is 23.6 Å². The van der Waals surface area contributed by atoms with E-state index in [2.05, 4.69) is 30.4 Å². The highest BCUT2D eigenvalue weighted by molar-refractivity contribution is 7.99. The van der Waals surface area contributed by atoms with Crippen molar-refractivity contribution in [1.82, 2.24) is 10.2 Å². The molecule has 1 unspecified atom stereocenters. The molecule has 0 aliphatic rings. The van der Waals surface area contributed by atoms with E-state index in [1.807, 2.05) is 74.5 Å². The van der Waals surface area contributed by atoms with E-state index in [0.29, 0.717) is 25.3 Å². The van der Waals surface area contributed by atoms with Gasteiger partial charge in [0.1, 0.15) is 6.04 Å². The molecule has 0 aliphatic heterocycles. The van der Waals surface area contributed by atoms with Crippen LogP contribution in [0, 0.1) is 13.8 Å². The Morgan fingerprint density at radius 3 is 2.26 bits per heavy atom. The minimum Gasteiger partial charge on any atom is -0.354 e. The number of carbonyl (C=O) groups is 2. The molecule has 0 saturated carbocycles. The second-order valence-electron chi connectivity index (χ2n) is 8.99. The monoisotopic (exact) mass is 488 g/mol. The third-order valence-electron chi connectivity index (χ3n) is 5.87. The first kappa shape index (κ1) is 26.6. The molecule has 0 saturated heterocycles. The van der Waals surface area contributed by atoms with Crippen LogP contribution < -0.4 is 5.32 Å². The number of nitrogens with zero attached hydrogens (tertiary/aromatic N) is 1. The van der Waals surface area contributed by atoms with Gasteiger partial charge in [0.25, 0.3) is 0 Å². The third-order valence-corrected chi connectivity index (χ3v) is 6.86. The summed E-state index contributed by atoms with van der Waals surface area (Å²) in [6.07, 6.45) is 1.33. The zero-order chi connectivity index (χ0) is 25.0. The molecule has 184 valence electrons. The van der Waals surface area contributed by atoms with Crippen molar-refractivity contribution in [3.63, 3.8) is 0 Å². The number of benzene rings is 3. The van der Waals surface area contributed by atoms with Crippen LogP contribution in [-0.2, 0) is 28.3 Å². The molecule has 1 N–H and O–H groups in total. The van der Waals surface area contributed by atoms with Gasteiger partial charge < -0.3 is 10.2 Å². The van der Waals surface area contributed by atoms with Gasteiger partial charge in [-0.1, -0.05) is 96.9 Å². The van der Waals surface area contributed by atoms with Gasteiger partial charge in [-0.15, -0.1) is 11.8 Å². The van der Waals surface area contributed by atoms with Crippen molar-refractivity contribution in [3.05, 3.63) is 107 Å². The van der Waals surface area contributed by atoms with Crippen LogP contribution in [0.4, 0.5) is 0 Å². The lowest BCUT2D eigenvalue weighted by atomic mass is 10.0. The fraction of sp³-hybridized carbons (Fsp3) is 0.333. The Bertz CT molecular complexity index is 1080. The van der Waals surface area contributed by atoms with Gasteiger partial charge in [0, 0.05) is 25.3 Å². The number of hydrogen-bond donors (Lipinski definition) is 1. The average molecular weight is 489 g/mol. The van der Waals surface area contributed by atoms with Crippen LogP contribution in [0.5, 0.6) is 0 Å². The van der Waals surface area contributed by atoms with Crippen molar-refractivity contribution in [2.24, 2.45) is 0 Å². The molecule has 3 rings (SSSR count). The van der Waals surface area contributed by atoms with Gasteiger partial charge in [-0.3, -0.25) is 9.59 Å². The van der Waals surface area contributed by atoms with Gasteiger partial charge in [-0.05, 0) is 37.0 Å². The fourth-order valence-electron chi connectivity index (χ4n) is 3.95. The summed E-state index contributed by atoms with van der Waals surface area (Å²) in [5.41, 5.74) is 5.65. The van der Waals surface area contributed by atoms with E-state index in [1.54, 1.807) is 16.7 Å². The molecule has 2 amide bonds. The summed E-state index contributed by atoms with van der Waals surface area (Å²) in [4.78, 5) is 28.7. The molecule has 0 aliphatic carbocycles. The summed E-state index contributed by atoms with van der Waals surface area (Å²) in [6, 6.07) is 25.9. The lowest BCUT2D eigenvalue weighted by Crippen LogP contribution is -2.51. The first-order valence-electron chi connectivity index (χ1n) is 12.3. The van der Waals surface area contributed by atoms with Gasteiger partial charge in [0.05, 0.1) is 5.75 Å². The molecule has 0 radical (unpaired) electrons. The van der Waals surface area contributed by atoms with E-state index in [9.17, 15) is 9.59 Å². The van der Waals surface area contributed by atoms with Gasteiger partial charge in [-0.2, -0.15) is 0 Å². The molecule has 3 aromatic carbocycles. The van der Waals surface area contributed by atoms with Gasteiger partial charge in [-0.25, -0.2) is 0 Å². The van der Waals surface area contributed by atoms with Crippen molar-refractivity contribution < 1.29 is 9.59 Å². The SMILES string of the molecule is CCCNC(=O)C(Cc1ccccc1)N(Cc1ccc(C)cc1)C(=O)CSCc1cccc(C)c1. The topological polar surface area (TPSA) is 49.4 Å². The van der Waals surface area contributed by atoms with Crippen molar-refractivity contribution in [2.45, 2.75) is 52.0 Å². The number of nitrogens with one attached hydrogen (secondary N) is 1. The molecule has 0 fully saturated rings. The largest absolute Gasteiger partial charge is 0.354 e. The molecule has 0 spiro atoms. The van der Waals surface area contributed by atoms with Crippen LogP contribution in [0.25, 0.3) is 0 Å². The Kier molecular flexibility index (Phi) is 10.4. The van der Waals surface area contributed by atoms with E-state index in [1.165, 1.54) is 16.7 Å². The highest BCUT2D eigenvalue weighted by atomic mass is 32.2. The predicted octanol–water partition coefficient (Wildman–Crippen LogP) is 5.70. The first-order valence-corrected chi connectivity index (χ1v) is 13.4. The highest BCUT2D eigenvalue weighted by Gasteiger charge is 2.30. The number of thioether (sulfide) groups is 1. The van der Waals surface area contributed by atoms with E-state index in [-0.39, 0.29) is 11.8 Å². The molecular weight excluding hydrogens is 452 g/mol.